The molecule has 0 spiro atoms. The van der Waals surface area contributed by atoms with Gasteiger partial charge in [0.2, 0.25) is 16.2 Å². The summed E-state index contributed by atoms with van der Waals surface area (Å²) in [5.41, 5.74) is -1.26. The van der Waals surface area contributed by atoms with Gasteiger partial charge in [0, 0.05) is 22.8 Å². The van der Waals surface area contributed by atoms with Crippen molar-refractivity contribution in [2.45, 2.75) is 16.7 Å². The molecule has 188 valence electrons. The molecule has 4 N–H and O–H groups in total. The number of hydrogen-bond donors (Lipinski definition) is 4. The lowest BCUT2D eigenvalue weighted by Gasteiger charge is -2.13. The molecule has 0 bridgehead atoms. The Labute approximate surface area is 205 Å². The quantitative estimate of drug-likeness (QED) is 0.0907. The van der Waals surface area contributed by atoms with Crippen LogP contribution in [-0.2, 0) is 31.7 Å². The van der Waals surface area contributed by atoms with Crippen LogP contribution in [0, 0.1) is 0 Å². The molecule has 0 saturated carbocycles. The van der Waals surface area contributed by atoms with Crippen molar-refractivity contribution in [3.8, 4) is 11.6 Å². The van der Waals surface area contributed by atoms with Gasteiger partial charge in [-0.2, -0.15) is 26.2 Å². The van der Waals surface area contributed by atoms with Crippen molar-refractivity contribution in [1.82, 2.24) is 13.9 Å². The van der Waals surface area contributed by atoms with Crippen molar-refractivity contribution in [1.29, 1.82) is 0 Å². The zero-order valence-corrected chi connectivity index (χ0v) is 20.4. The molecule has 2 aromatic heterocycles. The van der Waals surface area contributed by atoms with Crippen molar-refractivity contribution in [3.05, 3.63) is 46.2 Å². The maximum Gasteiger partial charge on any atom is 0.294 e. The molecule has 2 heterocycles. The Morgan fingerprint density at radius 2 is 1.80 bits per heavy atom. The molecule has 35 heavy (non-hydrogen) atoms. The molecule has 0 amide bonds. The lowest BCUT2D eigenvalue weighted by Crippen LogP contribution is -2.19. The summed E-state index contributed by atoms with van der Waals surface area (Å²) in [7, 11) is -8.62. The first-order chi connectivity index (χ1) is 16.4. The average Bonchev–Trinajstić information content (AvgIpc) is 3.21. The van der Waals surface area contributed by atoms with Gasteiger partial charge in [-0.1, -0.05) is 11.8 Å². The van der Waals surface area contributed by atoms with Crippen molar-refractivity contribution < 1.29 is 41.2 Å². The summed E-state index contributed by atoms with van der Waals surface area (Å²) < 4.78 is 66.6. The van der Waals surface area contributed by atoms with Crippen LogP contribution in [0.15, 0.2) is 55.4 Å². The van der Waals surface area contributed by atoms with Crippen LogP contribution in [0.4, 0.5) is 10.8 Å². The Kier molecular flexibility index (Phi) is 8.33. The molecule has 19 heteroatoms. The fourth-order valence-electron chi connectivity index (χ4n) is 2.54. The van der Waals surface area contributed by atoms with Crippen LogP contribution < -0.4 is 5.56 Å². The average molecular weight is 566 g/mol. The summed E-state index contributed by atoms with van der Waals surface area (Å²) in [4.78, 5) is 20.5. The van der Waals surface area contributed by atoms with Gasteiger partial charge in [0.15, 0.2) is 5.69 Å². The Hall–Kier alpha value is -2.78. The molecule has 0 fully saturated rings. The fourth-order valence-corrected chi connectivity index (χ4v) is 5.31. The smallest absolute Gasteiger partial charge is 0.294 e. The van der Waals surface area contributed by atoms with E-state index in [1.54, 1.807) is 0 Å². The van der Waals surface area contributed by atoms with Crippen molar-refractivity contribution in [2.75, 3.05) is 11.5 Å². The number of nitrogens with zero attached hydrogens (tertiary/aromatic N) is 5. The van der Waals surface area contributed by atoms with E-state index in [1.165, 1.54) is 0 Å². The van der Waals surface area contributed by atoms with Crippen LogP contribution >= 0.6 is 23.3 Å². The Morgan fingerprint density at radius 1 is 1.11 bits per heavy atom. The predicted octanol–water partition coefficient (Wildman–Crippen LogP) is 2.03. The van der Waals surface area contributed by atoms with E-state index in [4.69, 9.17) is 14.4 Å². The first kappa shape index (κ1) is 26.8. The molecule has 1 aromatic carbocycles. The summed E-state index contributed by atoms with van der Waals surface area (Å²) in [6.07, 6.45) is 0. The monoisotopic (exact) mass is 565 g/mol. The minimum Gasteiger partial charge on any atom is -0.494 e. The minimum absolute atomic E-state index is 0.00424. The third-order valence-corrected chi connectivity index (χ3v) is 7.47. The number of pyridine rings is 1. The van der Waals surface area contributed by atoms with Gasteiger partial charge in [0.05, 0.1) is 16.3 Å². The van der Waals surface area contributed by atoms with E-state index in [-0.39, 0.29) is 33.0 Å². The molecule has 3 rings (SSSR count). The van der Waals surface area contributed by atoms with E-state index in [0.717, 1.165) is 58.2 Å². The molecule has 0 aliphatic rings. The molecular weight excluding hydrogens is 550 g/mol. The van der Waals surface area contributed by atoms with Crippen LogP contribution in [0.2, 0.25) is 0 Å². The molecule has 0 saturated heterocycles. The highest BCUT2D eigenvalue weighted by atomic mass is 32.2. The SMILES string of the molecule is O=c1c(N=Nc2nc(SCCS(=O)(=O)O)ns2)cc(COO)c(O)n1-c1ccc(S(=O)(=O)O)cc1. The van der Waals surface area contributed by atoms with Crippen LogP contribution in [-0.4, -0.2) is 61.7 Å². The lowest BCUT2D eigenvalue weighted by molar-refractivity contribution is -0.253. The minimum atomic E-state index is -4.49. The van der Waals surface area contributed by atoms with E-state index in [1.807, 2.05) is 0 Å². The highest BCUT2D eigenvalue weighted by molar-refractivity contribution is 8.00. The second-order valence-electron chi connectivity index (χ2n) is 6.46. The first-order valence-corrected chi connectivity index (χ1v) is 13.9. The van der Waals surface area contributed by atoms with Crippen LogP contribution in [0.5, 0.6) is 5.88 Å². The van der Waals surface area contributed by atoms with E-state index >= 15 is 0 Å². The van der Waals surface area contributed by atoms with Crippen LogP contribution in [0.25, 0.3) is 5.69 Å². The summed E-state index contributed by atoms with van der Waals surface area (Å²) in [6, 6.07) is 5.42. The molecule has 0 aliphatic carbocycles. The van der Waals surface area contributed by atoms with Crippen LogP contribution in [0.1, 0.15) is 5.56 Å². The molecule has 0 unspecified atom stereocenters. The van der Waals surface area contributed by atoms with E-state index in [0.29, 0.717) is 0 Å². The highest BCUT2D eigenvalue weighted by Crippen LogP contribution is 2.27. The number of azo groups is 1. The third-order valence-electron chi connectivity index (χ3n) is 4.06. The number of rotatable bonds is 10. The molecular formula is C16H15N5O10S4. The largest absolute Gasteiger partial charge is 0.494 e. The Balaban J connectivity index is 1.94. The summed E-state index contributed by atoms with van der Waals surface area (Å²) >= 11 is 1.75. The Morgan fingerprint density at radius 3 is 2.40 bits per heavy atom. The third kappa shape index (κ3) is 7.11. The molecule has 15 nitrogen and oxygen atoms in total. The number of aromatic nitrogens is 3. The first-order valence-electron chi connectivity index (χ1n) is 9.04. The molecule has 0 radical (unpaired) electrons. The van der Waals surface area contributed by atoms with Crippen LogP contribution in [0.3, 0.4) is 0 Å². The normalized spacial score (nSPS) is 12.4. The second kappa shape index (κ2) is 10.9. The molecule has 0 aliphatic heterocycles. The molecule has 0 atom stereocenters. The predicted molar refractivity (Wildman–Crippen MR) is 122 cm³/mol. The van der Waals surface area contributed by atoms with Gasteiger partial charge in [0.25, 0.3) is 25.8 Å². The van der Waals surface area contributed by atoms with Crippen molar-refractivity contribution >= 4 is 54.3 Å². The van der Waals surface area contributed by atoms with E-state index < -0.39 is 48.9 Å². The van der Waals surface area contributed by atoms with Crippen molar-refractivity contribution in [2.24, 2.45) is 10.2 Å². The lowest BCUT2D eigenvalue weighted by atomic mass is 10.2. The zero-order chi connectivity index (χ0) is 25.8. The summed E-state index contributed by atoms with van der Waals surface area (Å²) in [6.45, 7) is -0.537. The number of benzene rings is 1. The zero-order valence-electron chi connectivity index (χ0n) is 17.1. The van der Waals surface area contributed by atoms with Gasteiger partial charge >= 0.3 is 0 Å². The van der Waals surface area contributed by atoms with E-state index in [2.05, 4.69) is 24.5 Å². The summed E-state index contributed by atoms with van der Waals surface area (Å²) in [5, 5.41) is 27.1. The maximum atomic E-state index is 13.0. The Bertz CT molecular complexity index is 1510. The number of aromatic hydroxyl groups is 1. The maximum absolute atomic E-state index is 13.0. The van der Waals surface area contributed by atoms with Gasteiger partial charge < -0.3 is 5.11 Å². The fraction of sp³-hybridized carbons (Fsp3) is 0.188. The van der Waals surface area contributed by atoms with Gasteiger partial charge in [0.1, 0.15) is 6.61 Å². The topological polar surface area (TPSA) is 231 Å². The number of hydrogen-bond acceptors (Lipinski definition) is 14. The van der Waals surface area contributed by atoms with Crippen molar-refractivity contribution in [3.63, 3.8) is 0 Å². The second-order valence-corrected chi connectivity index (χ2v) is 11.2. The molecule has 3 aromatic rings. The number of thioether (sulfide) groups is 1. The standard InChI is InChI=1S/C16H15N5O10S4/c22-13-9(8-31-24)7-12(14(23)21(13)10-1-3-11(4-2-10)35(28,29)30)18-19-15-17-16(20-33-15)32-5-6-34(25,26)27/h1-4,7,22,24H,5-6,8H2,(H,25,26,27)(H,28,29,30). The van der Waals surface area contributed by atoms with Gasteiger partial charge in [-0.3, -0.25) is 19.2 Å². The summed E-state index contributed by atoms with van der Waals surface area (Å²) in [5.74, 6) is -1.13. The van der Waals surface area contributed by atoms with Gasteiger partial charge in [-0.25, -0.2) is 9.45 Å². The van der Waals surface area contributed by atoms with E-state index in [9.17, 15) is 26.7 Å². The van der Waals surface area contributed by atoms with Gasteiger partial charge in [-0.15, -0.1) is 10.2 Å². The highest BCUT2D eigenvalue weighted by Gasteiger charge is 2.18. The van der Waals surface area contributed by atoms with Gasteiger partial charge in [-0.05, 0) is 30.3 Å².